The number of rotatable bonds is 2. The minimum absolute atomic E-state index is 0.0495. The highest BCUT2D eigenvalue weighted by Crippen LogP contribution is 2.58. The summed E-state index contributed by atoms with van der Waals surface area (Å²) < 4.78 is 0. The zero-order chi connectivity index (χ0) is 21.0. The Morgan fingerprint density at radius 1 is 0.897 bits per heavy atom. The van der Waals surface area contributed by atoms with E-state index in [1.165, 1.54) is 4.90 Å². The second-order valence-electron chi connectivity index (χ2n) is 9.71. The molecule has 0 aromatic carbocycles. The Bertz CT molecular complexity index is 821. The van der Waals surface area contributed by atoms with Crippen LogP contribution in [0.1, 0.15) is 40.0 Å². The maximum Gasteiger partial charge on any atom is 0.234 e. The Hall–Kier alpha value is -2.51. The molecule has 0 radical (unpaired) electrons. The van der Waals surface area contributed by atoms with Gasteiger partial charge in [-0.25, -0.2) is 9.97 Å². The summed E-state index contributed by atoms with van der Waals surface area (Å²) in [4.78, 5) is 53.1. The molecule has 29 heavy (non-hydrogen) atoms. The van der Waals surface area contributed by atoms with E-state index in [1.54, 1.807) is 25.5 Å². The number of carbonyl (C=O) groups is 3. The van der Waals surface area contributed by atoms with Crippen molar-refractivity contribution >= 4 is 23.7 Å². The van der Waals surface area contributed by atoms with Gasteiger partial charge in [-0.2, -0.15) is 0 Å². The van der Waals surface area contributed by atoms with Crippen molar-refractivity contribution in [1.82, 2.24) is 19.8 Å². The topological polar surface area (TPSA) is 86.7 Å². The van der Waals surface area contributed by atoms with Crippen molar-refractivity contribution in [2.75, 3.05) is 38.1 Å². The van der Waals surface area contributed by atoms with E-state index >= 15 is 0 Å². The Morgan fingerprint density at radius 2 is 1.41 bits per heavy atom. The lowest BCUT2D eigenvalue weighted by Gasteiger charge is -2.56. The number of piperazine rings is 1. The maximum atomic E-state index is 13.6. The van der Waals surface area contributed by atoms with Gasteiger partial charge in [-0.05, 0) is 25.3 Å². The normalized spacial score (nSPS) is 35.1. The Balaban J connectivity index is 1.52. The summed E-state index contributed by atoms with van der Waals surface area (Å²) in [6.45, 7) is 8.26. The number of nitrogens with zero attached hydrogens (tertiary/aromatic N) is 5. The number of hydrogen-bond donors (Lipinski definition) is 0. The lowest BCUT2D eigenvalue weighted by molar-refractivity contribution is -0.180. The minimum atomic E-state index is -0.722. The van der Waals surface area contributed by atoms with Gasteiger partial charge in [0, 0.05) is 61.9 Å². The van der Waals surface area contributed by atoms with Gasteiger partial charge in [-0.15, -0.1) is 0 Å². The molecule has 2 bridgehead atoms. The summed E-state index contributed by atoms with van der Waals surface area (Å²) in [6.07, 6.45) is 4.91. The number of piperidine rings is 1. The van der Waals surface area contributed by atoms with Crippen LogP contribution in [0.3, 0.4) is 0 Å². The first kappa shape index (κ1) is 19.8. The van der Waals surface area contributed by atoms with Crippen molar-refractivity contribution < 1.29 is 14.4 Å². The van der Waals surface area contributed by atoms with E-state index in [0.29, 0.717) is 51.4 Å². The third-order valence-electron chi connectivity index (χ3n) is 6.90. The van der Waals surface area contributed by atoms with Gasteiger partial charge in [0.25, 0.3) is 0 Å². The molecule has 1 saturated carbocycles. The molecule has 0 spiro atoms. The molecule has 8 nitrogen and oxygen atoms in total. The van der Waals surface area contributed by atoms with Crippen molar-refractivity contribution in [2.45, 2.75) is 40.0 Å². The summed E-state index contributed by atoms with van der Waals surface area (Å²) in [5, 5.41) is 0. The summed E-state index contributed by atoms with van der Waals surface area (Å²) in [5.41, 5.74) is -2.08. The first-order chi connectivity index (χ1) is 13.6. The lowest BCUT2D eigenvalue weighted by atomic mass is 9.51. The molecule has 2 saturated heterocycles. The van der Waals surface area contributed by atoms with E-state index in [2.05, 4.69) is 14.9 Å². The number of amides is 3. The average Bonchev–Trinajstić information content (AvgIpc) is 2.70. The number of carbonyl (C=O) groups excluding carboxylic acids is 3. The summed E-state index contributed by atoms with van der Waals surface area (Å²) in [6, 6.07) is 1.78. The van der Waals surface area contributed by atoms with Gasteiger partial charge in [0.1, 0.15) is 0 Å². The quantitative estimate of drug-likeness (QED) is 0.698. The zero-order valence-corrected chi connectivity index (χ0v) is 17.6. The third-order valence-corrected chi connectivity index (χ3v) is 6.90. The molecule has 3 fully saturated rings. The number of imide groups is 1. The fraction of sp³-hybridized carbons (Fsp3) is 0.667. The van der Waals surface area contributed by atoms with Gasteiger partial charge in [0.2, 0.25) is 23.7 Å². The second kappa shape index (κ2) is 6.50. The number of hydrogen-bond acceptors (Lipinski definition) is 6. The molecule has 3 amide bonds. The van der Waals surface area contributed by atoms with Crippen LogP contribution >= 0.6 is 0 Å². The molecule has 1 aromatic rings. The van der Waals surface area contributed by atoms with E-state index < -0.39 is 16.2 Å². The first-order valence-electron chi connectivity index (χ1n) is 10.2. The average molecular weight is 399 g/mol. The second-order valence-corrected chi connectivity index (χ2v) is 9.71. The number of anilines is 1. The van der Waals surface area contributed by atoms with E-state index in [9.17, 15) is 14.4 Å². The predicted octanol–water partition coefficient (Wildman–Crippen LogP) is 1.33. The molecule has 0 N–H and O–H groups in total. The van der Waals surface area contributed by atoms with Gasteiger partial charge >= 0.3 is 0 Å². The Labute approximate surface area is 171 Å². The van der Waals surface area contributed by atoms with E-state index in [-0.39, 0.29) is 17.7 Å². The molecule has 4 rings (SSSR count). The first-order valence-corrected chi connectivity index (χ1v) is 10.2. The monoisotopic (exact) mass is 399 g/mol. The van der Waals surface area contributed by atoms with Crippen LogP contribution in [0.2, 0.25) is 0 Å². The van der Waals surface area contributed by atoms with Crippen LogP contribution in [-0.4, -0.2) is 70.7 Å². The molecule has 1 aliphatic carbocycles. The maximum absolute atomic E-state index is 13.6. The van der Waals surface area contributed by atoms with Crippen molar-refractivity contribution in [1.29, 1.82) is 0 Å². The summed E-state index contributed by atoms with van der Waals surface area (Å²) in [7, 11) is 1.57. The molecule has 2 atom stereocenters. The van der Waals surface area contributed by atoms with Crippen molar-refractivity contribution in [3.8, 4) is 0 Å². The van der Waals surface area contributed by atoms with Crippen LogP contribution in [0, 0.1) is 16.2 Å². The number of aromatic nitrogens is 2. The van der Waals surface area contributed by atoms with Gasteiger partial charge < -0.3 is 9.80 Å². The van der Waals surface area contributed by atoms with Crippen LogP contribution in [0.4, 0.5) is 5.95 Å². The molecular formula is C21H29N5O3. The SMILES string of the molecule is CN1C(=O)C2(C)CC(C)(C(=O)N3CCN(c4ncccn4)CC3)CC(C)(C2)C1=O. The van der Waals surface area contributed by atoms with Crippen LogP contribution in [0.5, 0.6) is 0 Å². The Kier molecular flexibility index (Phi) is 4.44. The van der Waals surface area contributed by atoms with Crippen LogP contribution in [0.25, 0.3) is 0 Å². The molecule has 8 heteroatoms. The fourth-order valence-electron chi connectivity index (χ4n) is 6.07. The van der Waals surface area contributed by atoms with Crippen molar-refractivity contribution in [2.24, 2.45) is 16.2 Å². The zero-order valence-electron chi connectivity index (χ0n) is 17.6. The highest BCUT2D eigenvalue weighted by atomic mass is 16.2. The van der Waals surface area contributed by atoms with Gasteiger partial charge in [0.05, 0.1) is 0 Å². The molecule has 1 aromatic heterocycles. The molecule has 2 unspecified atom stereocenters. The smallest absolute Gasteiger partial charge is 0.234 e. The largest absolute Gasteiger partial charge is 0.339 e. The fourth-order valence-corrected chi connectivity index (χ4v) is 6.07. The van der Waals surface area contributed by atoms with Gasteiger partial charge in [0.15, 0.2) is 0 Å². The lowest BCUT2D eigenvalue weighted by Crippen LogP contribution is -2.64. The minimum Gasteiger partial charge on any atom is -0.339 e. The highest BCUT2D eigenvalue weighted by Gasteiger charge is 2.63. The highest BCUT2D eigenvalue weighted by molar-refractivity contribution is 6.04. The summed E-state index contributed by atoms with van der Waals surface area (Å²) in [5.74, 6) is 0.403. The number of likely N-dealkylation sites (tertiary alicyclic amines) is 1. The molecule has 156 valence electrons. The number of fused-ring (bicyclic) bond motifs is 2. The van der Waals surface area contributed by atoms with E-state index in [0.717, 1.165) is 0 Å². The van der Waals surface area contributed by atoms with Gasteiger partial charge in [-0.3, -0.25) is 19.3 Å². The van der Waals surface area contributed by atoms with Crippen molar-refractivity contribution in [3.05, 3.63) is 18.5 Å². The third kappa shape index (κ3) is 3.09. The summed E-state index contributed by atoms with van der Waals surface area (Å²) >= 11 is 0. The van der Waals surface area contributed by atoms with Crippen LogP contribution in [-0.2, 0) is 14.4 Å². The molecule has 3 heterocycles. The predicted molar refractivity (Wildman–Crippen MR) is 107 cm³/mol. The standard InChI is InChI=1S/C21H29N5O3/c1-19-12-20(2,16(28)24(4)15(19)27)14-21(3,13-19)17(29)25-8-10-26(11-9-25)18-22-6-5-7-23-18/h5-7H,8-14H2,1-4H3. The van der Waals surface area contributed by atoms with Gasteiger partial charge in [-0.1, -0.05) is 20.8 Å². The molecule has 3 aliphatic rings. The van der Waals surface area contributed by atoms with E-state index in [1.807, 2.05) is 25.7 Å². The molecule has 2 aliphatic heterocycles. The van der Waals surface area contributed by atoms with Crippen molar-refractivity contribution in [3.63, 3.8) is 0 Å². The molecular weight excluding hydrogens is 370 g/mol. The van der Waals surface area contributed by atoms with Crippen LogP contribution < -0.4 is 4.90 Å². The van der Waals surface area contributed by atoms with Crippen LogP contribution in [0.15, 0.2) is 18.5 Å². The Morgan fingerprint density at radius 3 is 1.93 bits per heavy atom. The van der Waals surface area contributed by atoms with E-state index in [4.69, 9.17) is 0 Å².